The fourth-order valence-electron chi connectivity index (χ4n) is 2.56. The summed E-state index contributed by atoms with van der Waals surface area (Å²) in [5.74, 6) is 0.0302. The molecule has 0 aromatic heterocycles. The summed E-state index contributed by atoms with van der Waals surface area (Å²) in [6, 6.07) is 6.08. The fourth-order valence-corrected chi connectivity index (χ4v) is 2.56. The van der Waals surface area contributed by atoms with Crippen LogP contribution in [-0.4, -0.2) is 18.0 Å². The zero-order chi connectivity index (χ0) is 11.9. The van der Waals surface area contributed by atoms with E-state index in [1.165, 1.54) is 17.5 Å². The quantitative estimate of drug-likeness (QED) is 0.824. The van der Waals surface area contributed by atoms with Gasteiger partial charge in [-0.2, -0.15) is 0 Å². The number of nitrogens with one attached hydrogen (secondary N) is 1. The van der Waals surface area contributed by atoms with E-state index in [1.54, 1.807) is 0 Å². The third-order valence-corrected chi connectivity index (χ3v) is 3.98. The molecule has 0 saturated heterocycles. The number of carbonyl (C=O) groups is 1. The van der Waals surface area contributed by atoms with Crippen molar-refractivity contribution in [3.63, 3.8) is 0 Å². The molecular formula is C14H18N2O. The lowest BCUT2D eigenvalue weighted by Crippen LogP contribution is -2.42. The summed E-state index contributed by atoms with van der Waals surface area (Å²) < 4.78 is 0. The summed E-state index contributed by atoms with van der Waals surface area (Å²) >= 11 is 0. The third kappa shape index (κ3) is 1.95. The Bertz CT molecular complexity index is 463. The van der Waals surface area contributed by atoms with Crippen molar-refractivity contribution in [1.29, 1.82) is 0 Å². The third-order valence-electron chi connectivity index (χ3n) is 3.98. The maximum atomic E-state index is 12.1. The van der Waals surface area contributed by atoms with Gasteiger partial charge in [0.1, 0.15) is 0 Å². The van der Waals surface area contributed by atoms with Crippen molar-refractivity contribution in [2.75, 3.05) is 6.54 Å². The first-order valence-corrected chi connectivity index (χ1v) is 6.37. The zero-order valence-corrected chi connectivity index (χ0v) is 9.96. The van der Waals surface area contributed by atoms with E-state index in [9.17, 15) is 4.79 Å². The summed E-state index contributed by atoms with van der Waals surface area (Å²) in [7, 11) is 0. The number of benzene rings is 1. The van der Waals surface area contributed by atoms with Crippen LogP contribution in [0.3, 0.4) is 0 Å². The van der Waals surface area contributed by atoms with Crippen LogP contribution in [0.5, 0.6) is 0 Å². The largest absolute Gasteiger partial charge is 0.345 e. The van der Waals surface area contributed by atoms with E-state index < -0.39 is 0 Å². The Balaban J connectivity index is 1.78. The van der Waals surface area contributed by atoms with Crippen molar-refractivity contribution in [3.05, 3.63) is 34.9 Å². The van der Waals surface area contributed by atoms with E-state index in [0.717, 1.165) is 31.2 Å². The molecule has 1 aromatic rings. The van der Waals surface area contributed by atoms with Crippen molar-refractivity contribution in [3.8, 4) is 0 Å². The van der Waals surface area contributed by atoms with Crippen LogP contribution < -0.4 is 11.1 Å². The van der Waals surface area contributed by atoms with Crippen molar-refractivity contribution in [2.24, 2.45) is 5.73 Å². The number of aryl methyl sites for hydroxylation is 2. The highest BCUT2D eigenvalue weighted by molar-refractivity contribution is 5.95. The van der Waals surface area contributed by atoms with Gasteiger partial charge in [0, 0.05) is 12.1 Å². The van der Waals surface area contributed by atoms with E-state index in [0.29, 0.717) is 6.54 Å². The van der Waals surface area contributed by atoms with Gasteiger partial charge in [0.05, 0.1) is 5.54 Å². The average Bonchev–Trinajstić information content (AvgIpc) is 2.96. The van der Waals surface area contributed by atoms with Gasteiger partial charge in [-0.25, -0.2) is 0 Å². The maximum Gasteiger partial charge on any atom is 0.251 e. The molecule has 2 aliphatic rings. The predicted octanol–water partition coefficient (Wildman–Crippen LogP) is 1.40. The summed E-state index contributed by atoms with van der Waals surface area (Å²) in [4.78, 5) is 12.1. The summed E-state index contributed by atoms with van der Waals surface area (Å²) in [5, 5.41) is 3.06. The van der Waals surface area contributed by atoms with Gasteiger partial charge in [-0.3, -0.25) is 4.79 Å². The highest BCUT2D eigenvalue weighted by Gasteiger charge is 2.42. The molecule has 1 amide bonds. The van der Waals surface area contributed by atoms with E-state index in [2.05, 4.69) is 11.4 Å². The van der Waals surface area contributed by atoms with Gasteiger partial charge in [-0.1, -0.05) is 6.07 Å². The Morgan fingerprint density at radius 3 is 2.76 bits per heavy atom. The van der Waals surface area contributed by atoms with Gasteiger partial charge < -0.3 is 11.1 Å². The smallest absolute Gasteiger partial charge is 0.251 e. The van der Waals surface area contributed by atoms with Gasteiger partial charge in [0.15, 0.2) is 0 Å². The Labute approximate surface area is 101 Å². The van der Waals surface area contributed by atoms with E-state index in [-0.39, 0.29) is 11.4 Å². The van der Waals surface area contributed by atoms with Crippen LogP contribution in [0, 0.1) is 0 Å². The highest BCUT2D eigenvalue weighted by Crippen LogP contribution is 2.34. The van der Waals surface area contributed by atoms with Crippen LogP contribution in [0.2, 0.25) is 0 Å². The topological polar surface area (TPSA) is 55.1 Å². The minimum atomic E-state index is -0.101. The molecule has 17 heavy (non-hydrogen) atoms. The average molecular weight is 230 g/mol. The second-order valence-electron chi connectivity index (χ2n) is 5.28. The highest BCUT2D eigenvalue weighted by atomic mass is 16.1. The number of hydrogen-bond donors (Lipinski definition) is 2. The number of carbonyl (C=O) groups excluding carboxylic acids is 1. The van der Waals surface area contributed by atoms with Crippen LogP contribution >= 0.6 is 0 Å². The van der Waals surface area contributed by atoms with Gasteiger partial charge in [0.25, 0.3) is 5.91 Å². The summed E-state index contributed by atoms with van der Waals surface area (Å²) in [5.41, 5.74) is 9.10. The molecule has 0 aliphatic heterocycles. The van der Waals surface area contributed by atoms with Crippen LogP contribution in [0.25, 0.3) is 0 Å². The minimum absolute atomic E-state index is 0.0302. The molecule has 3 N–H and O–H groups in total. The second-order valence-corrected chi connectivity index (χ2v) is 5.28. The van der Waals surface area contributed by atoms with Crippen LogP contribution in [0.15, 0.2) is 18.2 Å². The van der Waals surface area contributed by atoms with E-state index >= 15 is 0 Å². The normalized spacial score (nSPS) is 19.8. The van der Waals surface area contributed by atoms with Crippen molar-refractivity contribution in [2.45, 2.75) is 37.6 Å². The lowest BCUT2D eigenvalue weighted by molar-refractivity contribution is 0.0933. The Morgan fingerprint density at radius 2 is 2.06 bits per heavy atom. The molecule has 0 heterocycles. The van der Waals surface area contributed by atoms with Crippen molar-refractivity contribution in [1.82, 2.24) is 5.32 Å². The summed E-state index contributed by atoms with van der Waals surface area (Å²) in [6.45, 7) is 0.545. The first kappa shape index (κ1) is 10.8. The number of rotatable bonds is 3. The molecule has 3 nitrogen and oxygen atoms in total. The van der Waals surface area contributed by atoms with Gasteiger partial charge in [-0.15, -0.1) is 0 Å². The minimum Gasteiger partial charge on any atom is -0.345 e. The van der Waals surface area contributed by atoms with Crippen molar-refractivity contribution < 1.29 is 4.79 Å². The molecule has 1 saturated carbocycles. The fraction of sp³-hybridized carbons (Fsp3) is 0.500. The van der Waals surface area contributed by atoms with E-state index in [1.807, 2.05) is 12.1 Å². The SMILES string of the molecule is NCC1(NC(=O)c2ccc3c(c2)CCC3)CC1. The lowest BCUT2D eigenvalue weighted by atomic mass is 10.1. The number of hydrogen-bond acceptors (Lipinski definition) is 2. The Kier molecular flexibility index (Phi) is 2.44. The lowest BCUT2D eigenvalue weighted by Gasteiger charge is -2.15. The zero-order valence-electron chi connectivity index (χ0n) is 9.96. The Hall–Kier alpha value is -1.35. The second kappa shape index (κ2) is 3.84. The number of amides is 1. The van der Waals surface area contributed by atoms with Gasteiger partial charge >= 0.3 is 0 Å². The molecule has 1 aromatic carbocycles. The standard InChI is InChI=1S/C14H18N2O/c15-9-14(6-7-14)16-13(17)12-5-4-10-2-1-3-11(10)8-12/h4-5,8H,1-3,6-7,9,15H2,(H,16,17). The molecular weight excluding hydrogens is 212 g/mol. The molecule has 0 unspecified atom stereocenters. The maximum absolute atomic E-state index is 12.1. The van der Waals surface area contributed by atoms with E-state index in [4.69, 9.17) is 5.73 Å². The molecule has 0 radical (unpaired) electrons. The van der Waals surface area contributed by atoms with Gasteiger partial charge in [-0.05, 0) is 55.4 Å². The first-order valence-electron chi connectivity index (χ1n) is 6.37. The predicted molar refractivity (Wildman–Crippen MR) is 67.0 cm³/mol. The Morgan fingerprint density at radius 1 is 1.29 bits per heavy atom. The van der Waals surface area contributed by atoms with Crippen LogP contribution in [-0.2, 0) is 12.8 Å². The molecule has 1 fully saturated rings. The first-order chi connectivity index (χ1) is 8.22. The summed E-state index contributed by atoms with van der Waals surface area (Å²) in [6.07, 6.45) is 5.51. The van der Waals surface area contributed by atoms with Crippen molar-refractivity contribution >= 4 is 5.91 Å². The molecule has 0 spiro atoms. The number of fused-ring (bicyclic) bond motifs is 1. The van der Waals surface area contributed by atoms with Crippen LogP contribution in [0.1, 0.15) is 40.7 Å². The van der Waals surface area contributed by atoms with Crippen LogP contribution in [0.4, 0.5) is 0 Å². The van der Waals surface area contributed by atoms with Gasteiger partial charge in [0.2, 0.25) is 0 Å². The molecule has 90 valence electrons. The number of nitrogens with two attached hydrogens (primary N) is 1. The molecule has 3 rings (SSSR count). The molecule has 2 aliphatic carbocycles. The molecule has 3 heteroatoms. The molecule has 0 atom stereocenters. The monoisotopic (exact) mass is 230 g/mol. The molecule has 0 bridgehead atoms.